The van der Waals surface area contributed by atoms with Crippen LogP contribution < -0.4 is 15.4 Å². The largest absolute Gasteiger partial charge is 0.497 e. The molecule has 2 aromatic rings. The Morgan fingerprint density at radius 1 is 1.22 bits per heavy atom. The first-order valence-corrected chi connectivity index (χ1v) is 9.09. The molecule has 0 atom stereocenters. The summed E-state index contributed by atoms with van der Waals surface area (Å²) >= 11 is 0. The highest BCUT2D eigenvalue weighted by atomic mass is 16.6. The van der Waals surface area contributed by atoms with Crippen molar-refractivity contribution in [3.8, 4) is 5.75 Å². The average Bonchev–Trinajstić information content (AvgIpc) is 2.69. The van der Waals surface area contributed by atoms with E-state index in [0.29, 0.717) is 25.5 Å². The second kappa shape index (κ2) is 9.07. The molecule has 0 unspecified atom stereocenters. The van der Waals surface area contributed by atoms with E-state index in [1.807, 2.05) is 37.3 Å². The zero-order valence-electron chi connectivity index (χ0n) is 15.6. The number of hydrogen-bond donors (Lipinski definition) is 2. The monoisotopic (exact) mass is 371 g/mol. The van der Waals surface area contributed by atoms with Crippen molar-refractivity contribution in [3.05, 3.63) is 36.7 Å². The van der Waals surface area contributed by atoms with Gasteiger partial charge >= 0.3 is 6.09 Å². The second-order valence-corrected chi connectivity index (χ2v) is 6.25. The van der Waals surface area contributed by atoms with Crippen LogP contribution >= 0.6 is 0 Å². The Hall–Kier alpha value is -3.03. The third kappa shape index (κ3) is 5.22. The summed E-state index contributed by atoms with van der Waals surface area (Å²) in [6.07, 6.45) is 2.99. The molecule has 27 heavy (non-hydrogen) atoms. The van der Waals surface area contributed by atoms with E-state index in [1.165, 1.54) is 6.33 Å². The number of carbonyl (C=O) groups is 1. The van der Waals surface area contributed by atoms with Crippen molar-refractivity contribution < 1.29 is 14.3 Å². The first-order valence-electron chi connectivity index (χ1n) is 9.09. The summed E-state index contributed by atoms with van der Waals surface area (Å²) < 4.78 is 10.3. The van der Waals surface area contributed by atoms with Gasteiger partial charge in [-0.25, -0.2) is 14.8 Å². The standard InChI is InChI=1S/C19H25N5O3/c1-3-27-19(25)24-9-7-14(8-10-24)22-17-12-18(21-13-20-17)23-15-5-4-6-16(11-15)26-2/h4-6,11-14H,3,7-10H2,1-2H3,(H2,20,21,22,23). The zero-order chi connectivity index (χ0) is 19.1. The van der Waals surface area contributed by atoms with Crippen LogP contribution in [0.5, 0.6) is 5.75 Å². The van der Waals surface area contributed by atoms with Crippen LogP contribution in [-0.2, 0) is 4.74 Å². The molecule has 0 bridgehead atoms. The number of amides is 1. The maximum Gasteiger partial charge on any atom is 0.409 e. The summed E-state index contributed by atoms with van der Waals surface area (Å²) in [5.41, 5.74) is 0.891. The number of carbonyl (C=O) groups excluding carboxylic acids is 1. The molecule has 1 saturated heterocycles. The van der Waals surface area contributed by atoms with Gasteiger partial charge < -0.3 is 25.0 Å². The van der Waals surface area contributed by atoms with E-state index >= 15 is 0 Å². The Kier molecular flexibility index (Phi) is 6.30. The van der Waals surface area contributed by atoms with E-state index in [-0.39, 0.29) is 12.1 Å². The number of anilines is 3. The molecule has 0 saturated carbocycles. The predicted molar refractivity (Wildman–Crippen MR) is 104 cm³/mol. The van der Waals surface area contributed by atoms with E-state index in [1.54, 1.807) is 12.0 Å². The lowest BCUT2D eigenvalue weighted by atomic mass is 10.1. The molecule has 1 aromatic carbocycles. The SMILES string of the molecule is CCOC(=O)N1CCC(Nc2cc(Nc3cccc(OC)c3)ncn2)CC1. The van der Waals surface area contributed by atoms with Crippen molar-refractivity contribution in [1.82, 2.24) is 14.9 Å². The molecule has 1 aliphatic rings. The van der Waals surface area contributed by atoms with Gasteiger partial charge in [0.2, 0.25) is 0 Å². The van der Waals surface area contributed by atoms with Gasteiger partial charge in [0.05, 0.1) is 13.7 Å². The summed E-state index contributed by atoms with van der Waals surface area (Å²) in [5, 5.41) is 6.68. The summed E-state index contributed by atoms with van der Waals surface area (Å²) in [6, 6.07) is 9.79. The minimum atomic E-state index is -0.234. The molecule has 0 radical (unpaired) electrons. The van der Waals surface area contributed by atoms with Crippen LogP contribution in [0.3, 0.4) is 0 Å². The normalized spacial score (nSPS) is 14.5. The van der Waals surface area contributed by atoms with Crippen LogP contribution in [0, 0.1) is 0 Å². The summed E-state index contributed by atoms with van der Waals surface area (Å²) in [7, 11) is 1.64. The number of likely N-dealkylation sites (tertiary alicyclic amines) is 1. The minimum Gasteiger partial charge on any atom is -0.497 e. The smallest absolute Gasteiger partial charge is 0.409 e. The van der Waals surface area contributed by atoms with Gasteiger partial charge in [-0.1, -0.05) is 6.07 Å². The maximum atomic E-state index is 11.8. The van der Waals surface area contributed by atoms with E-state index in [2.05, 4.69) is 20.6 Å². The predicted octanol–water partition coefficient (Wildman–Crippen LogP) is 3.26. The Balaban J connectivity index is 1.56. The molecule has 1 fully saturated rings. The topological polar surface area (TPSA) is 88.6 Å². The molecule has 8 heteroatoms. The number of nitrogens with zero attached hydrogens (tertiary/aromatic N) is 3. The van der Waals surface area contributed by atoms with Gasteiger partial charge in [-0.3, -0.25) is 0 Å². The highest BCUT2D eigenvalue weighted by Crippen LogP contribution is 2.22. The van der Waals surface area contributed by atoms with Crippen molar-refractivity contribution in [3.63, 3.8) is 0 Å². The van der Waals surface area contributed by atoms with Crippen molar-refractivity contribution in [2.45, 2.75) is 25.8 Å². The number of hydrogen-bond acceptors (Lipinski definition) is 7. The van der Waals surface area contributed by atoms with Gasteiger partial charge in [-0.2, -0.15) is 0 Å². The Morgan fingerprint density at radius 2 is 2.00 bits per heavy atom. The molecule has 2 N–H and O–H groups in total. The van der Waals surface area contributed by atoms with Crippen molar-refractivity contribution in [2.24, 2.45) is 0 Å². The maximum absolute atomic E-state index is 11.8. The Morgan fingerprint density at radius 3 is 2.74 bits per heavy atom. The summed E-state index contributed by atoms with van der Waals surface area (Å²) in [5.74, 6) is 2.23. The zero-order valence-corrected chi connectivity index (χ0v) is 15.6. The van der Waals surface area contributed by atoms with Crippen molar-refractivity contribution in [2.75, 3.05) is 37.4 Å². The fourth-order valence-corrected chi connectivity index (χ4v) is 2.98. The van der Waals surface area contributed by atoms with Gasteiger partial charge in [-0.15, -0.1) is 0 Å². The molecule has 0 spiro atoms. The number of benzene rings is 1. The number of rotatable bonds is 6. The lowest BCUT2D eigenvalue weighted by Gasteiger charge is -2.31. The molecule has 1 amide bonds. The number of aromatic nitrogens is 2. The summed E-state index contributed by atoms with van der Waals surface area (Å²) in [4.78, 5) is 22.1. The van der Waals surface area contributed by atoms with Crippen LogP contribution in [-0.4, -0.2) is 53.8 Å². The van der Waals surface area contributed by atoms with E-state index in [0.717, 1.165) is 30.1 Å². The van der Waals surface area contributed by atoms with Gasteiger partial charge in [0.25, 0.3) is 0 Å². The number of nitrogens with one attached hydrogen (secondary N) is 2. The molecular formula is C19H25N5O3. The second-order valence-electron chi connectivity index (χ2n) is 6.25. The fraction of sp³-hybridized carbons (Fsp3) is 0.421. The fourth-order valence-electron chi connectivity index (χ4n) is 2.98. The average molecular weight is 371 g/mol. The van der Waals surface area contributed by atoms with Gasteiger partial charge in [-0.05, 0) is 31.9 Å². The lowest BCUT2D eigenvalue weighted by molar-refractivity contribution is 0.0983. The Labute approximate surface area is 158 Å². The highest BCUT2D eigenvalue weighted by molar-refractivity contribution is 5.67. The molecule has 0 aliphatic carbocycles. The van der Waals surface area contributed by atoms with Gasteiger partial charge in [0.1, 0.15) is 23.7 Å². The van der Waals surface area contributed by atoms with Crippen LogP contribution in [0.4, 0.5) is 22.1 Å². The minimum absolute atomic E-state index is 0.234. The van der Waals surface area contributed by atoms with Crippen LogP contribution in [0.25, 0.3) is 0 Å². The molecule has 1 aliphatic heterocycles. The third-order valence-electron chi connectivity index (χ3n) is 4.38. The molecule has 144 valence electrons. The number of methoxy groups -OCH3 is 1. The lowest BCUT2D eigenvalue weighted by Crippen LogP contribution is -2.42. The molecule has 2 heterocycles. The van der Waals surface area contributed by atoms with E-state index < -0.39 is 0 Å². The molecule has 8 nitrogen and oxygen atoms in total. The van der Waals surface area contributed by atoms with Crippen molar-refractivity contribution in [1.29, 1.82) is 0 Å². The highest BCUT2D eigenvalue weighted by Gasteiger charge is 2.23. The van der Waals surface area contributed by atoms with Crippen LogP contribution in [0.1, 0.15) is 19.8 Å². The van der Waals surface area contributed by atoms with Crippen LogP contribution in [0.15, 0.2) is 36.7 Å². The number of piperidine rings is 1. The van der Waals surface area contributed by atoms with Crippen LogP contribution in [0.2, 0.25) is 0 Å². The van der Waals surface area contributed by atoms with E-state index in [4.69, 9.17) is 9.47 Å². The molecular weight excluding hydrogens is 346 g/mol. The van der Waals surface area contributed by atoms with E-state index in [9.17, 15) is 4.79 Å². The Bertz CT molecular complexity index is 763. The summed E-state index contributed by atoms with van der Waals surface area (Å²) in [6.45, 7) is 3.58. The van der Waals surface area contributed by atoms with Gasteiger partial charge in [0.15, 0.2) is 0 Å². The van der Waals surface area contributed by atoms with Crippen molar-refractivity contribution >= 4 is 23.4 Å². The first-order chi connectivity index (χ1) is 13.2. The molecule has 3 rings (SSSR count). The quantitative estimate of drug-likeness (QED) is 0.806. The molecule has 1 aromatic heterocycles. The number of ether oxygens (including phenoxy) is 2. The third-order valence-corrected chi connectivity index (χ3v) is 4.38. The first kappa shape index (κ1) is 18.8. The van der Waals surface area contributed by atoms with Gasteiger partial charge in [0, 0.05) is 37.0 Å².